The Morgan fingerprint density at radius 3 is 1.95 bits per heavy atom. The van der Waals surface area contributed by atoms with E-state index in [-0.39, 0.29) is 0 Å². The van der Waals surface area contributed by atoms with E-state index in [0.717, 1.165) is 67.0 Å². The molecule has 7 aromatic rings. The highest BCUT2D eigenvalue weighted by Gasteiger charge is 2.19. The van der Waals surface area contributed by atoms with Gasteiger partial charge in [0.25, 0.3) is 0 Å². The van der Waals surface area contributed by atoms with Gasteiger partial charge in [0.2, 0.25) is 0 Å². The molecule has 0 aliphatic heterocycles. The fourth-order valence-electron chi connectivity index (χ4n) is 5.43. The summed E-state index contributed by atoms with van der Waals surface area (Å²) in [5, 5.41) is 3.32. The van der Waals surface area contributed by atoms with E-state index in [1.54, 1.807) is 6.20 Å². The Morgan fingerprint density at radius 2 is 1.31 bits per heavy atom. The van der Waals surface area contributed by atoms with Crippen molar-refractivity contribution in [3.63, 3.8) is 0 Å². The van der Waals surface area contributed by atoms with Crippen LogP contribution in [0.3, 0.4) is 0 Å². The molecule has 186 valence electrons. The van der Waals surface area contributed by atoms with Gasteiger partial charge in [0.05, 0.1) is 11.0 Å². The van der Waals surface area contributed by atoms with Gasteiger partial charge in [0, 0.05) is 40.3 Å². The molecule has 0 atom stereocenters. The van der Waals surface area contributed by atoms with Gasteiger partial charge in [-0.15, -0.1) is 0 Å². The molecule has 7 rings (SSSR count). The highest BCUT2D eigenvalue weighted by molar-refractivity contribution is 6.09. The van der Waals surface area contributed by atoms with Gasteiger partial charge in [-0.3, -0.25) is 9.13 Å². The Morgan fingerprint density at radius 1 is 0.667 bits per heavy atom. The second-order valence-corrected chi connectivity index (χ2v) is 9.28. The average molecular weight is 505 g/mol. The summed E-state index contributed by atoms with van der Waals surface area (Å²) in [6.45, 7) is 5.89. The first-order valence-corrected chi connectivity index (χ1v) is 12.8. The third-order valence-electron chi connectivity index (χ3n) is 7.08. The molecule has 2 aromatic carbocycles. The number of allylic oxidation sites excluding steroid dienone is 1. The second-order valence-electron chi connectivity index (χ2n) is 9.28. The third-order valence-corrected chi connectivity index (χ3v) is 7.08. The Kier molecular flexibility index (Phi) is 5.37. The molecule has 6 heteroatoms. The summed E-state index contributed by atoms with van der Waals surface area (Å²) < 4.78 is 4.19. The number of pyridine rings is 3. The van der Waals surface area contributed by atoms with E-state index >= 15 is 0 Å². The molecule has 0 unspecified atom stereocenters. The zero-order chi connectivity index (χ0) is 26.3. The lowest BCUT2D eigenvalue weighted by Crippen LogP contribution is -1.97. The van der Waals surface area contributed by atoms with Crippen molar-refractivity contribution >= 4 is 51.5 Å². The first-order valence-electron chi connectivity index (χ1n) is 12.8. The molecule has 0 saturated heterocycles. The molecule has 0 fully saturated rings. The summed E-state index contributed by atoms with van der Waals surface area (Å²) in [5.74, 6) is 2.44. The van der Waals surface area contributed by atoms with E-state index in [1.165, 1.54) is 0 Å². The maximum absolute atomic E-state index is 4.71. The minimum atomic E-state index is 0.777. The van der Waals surface area contributed by atoms with E-state index < -0.39 is 0 Å². The van der Waals surface area contributed by atoms with Crippen LogP contribution in [-0.4, -0.2) is 30.8 Å². The van der Waals surface area contributed by atoms with Crippen molar-refractivity contribution < 1.29 is 0 Å². The van der Waals surface area contributed by atoms with Crippen molar-refractivity contribution in [2.24, 2.45) is 4.99 Å². The summed E-state index contributed by atoms with van der Waals surface area (Å²) in [6, 6.07) is 29.0. The molecule has 0 saturated carbocycles. The smallest absolute Gasteiger partial charge is 0.146 e. The van der Waals surface area contributed by atoms with Crippen LogP contribution in [0.15, 0.2) is 115 Å². The highest BCUT2D eigenvalue weighted by Crippen LogP contribution is 2.39. The lowest BCUT2D eigenvalue weighted by Gasteiger charge is -2.08. The van der Waals surface area contributed by atoms with Crippen LogP contribution in [0.4, 0.5) is 5.82 Å². The third kappa shape index (κ3) is 3.57. The number of hydrogen-bond donors (Lipinski definition) is 0. The van der Waals surface area contributed by atoms with Crippen LogP contribution in [0.5, 0.6) is 0 Å². The highest BCUT2D eigenvalue weighted by atomic mass is 15.1. The first-order chi connectivity index (χ1) is 19.3. The SMILES string of the molecule is C=Nc1c(/C=C\C)c2cc(-c3ccc4c(c3)c3cccnc3n4-c3ccccn3)ccc2n1-c1ccccn1. The lowest BCUT2D eigenvalue weighted by atomic mass is 10.0. The standard InChI is InChI=1S/C33H24N6/c1-3-9-24-26-20-22(13-15-28(26)38(32(24)34-2)30-11-4-6-17-35-30)23-14-16-29-27(21-23)25-10-8-19-37-33(25)39(29)31-12-5-7-18-36-31/h3-21H,2H2,1H3/b9-3-. The molecular weight excluding hydrogens is 480 g/mol. The normalized spacial score (nSPS) is 11.7. The molecule has 0 spiro atoms. The van der Waals surface area contributed by atoms with Crippen molar-refractivity contribution in [2.75, 3.05) is 0 Å². The van der Waals surface area contributed by atoms with Crippen LogP contribution in [0.25, 0.3) is 61.7 Å². The molecule has 0 aliphatic carbocycles. The number of benzene rings is 2. The molecule has 6 nitrogen and oxygen atoms in total. The van der Waals surface area contributed by atoms with E-state index in [1.807, 2.05) is 67.9 Å². The average Bonchev–Trinajstić information content (AvgIpc) is 3.50. The monoisotopic (exact) mass is 504 g/mol. The lowest BCUT2D eigenvalue weighted by molar-refractivity contribution is 1.04. The molecule has 39 heavy (non-hydrogen) atoms. The van der Waals surface area contributed by atoms with Crippen LogP contribution in [0, 0.1) is 0 Å². The summed E-state index contributed by atoms with van der Waals surface area (Å²) >= 11 is 0. The van der Waals surface area contributed by atoms with Gasteiger partial charge in [0.1, 0.15) is 23.1 Å². The van der Waals surface area contributed by atoms with Crippen molar-refractivity contribution in [1.82, 2.24) is 24.1 Å². The van der Waals surface area contributed by atoms with E-state index in [0.29, 0.717) is 0 Å². The summed E-state index contributed by atoms with van der Waals surface area (Å²) in [4.78, 5) is 18.3. The Balaban J connectivity index is 1.46. The Bertz CT molecular complexity index is 2030. The van der Waals surface area contributed by atoms with Gasteiger partial charge in [-0.25, -0.2) is 19.9 Å². The minimum absolute atomic E-state index is 0.777. The molecule has 0 aliphatic rings. The van der Waals surface area contributed by atoms with E-state index in [9.17, 15) is 0 Å². The molecule has 0 N–H and O–H groups in total. The van der Waals surface area contributed by atoms with Crippen molar-refractivity contribution in [1.29, 1.82) is 0 Å². The minimum Gasteiger partial charge on any atom is -0.278 e. The van der Waals surface area contributed by atoms with Crippen LogP contribution in [0.2, 0.25) is 0 Å². The topological polar surface area (TPSA) is 60.9 Å². The molecule has 5 heterocycles. The van der Waals surface area contributed by atoms with Crippen LogP contribution >= 0.6 is 0 Å². The van der Waals surface area contributed by atoms with Crippen molar-refractivity contribution in [2.45, 2.75) is 6.92 Å². The Labute approximate surface area is 225 Å². The molecular formula is C33H24N6. The Hall–Kier alpha value is -5.36. The van der Waals surface area contributed by atoms with E-state index in [2.05, 4.69) is 79.4 Å². The van der Waals surface area contributed by atoms with Gasteiger partial charge in [-0.1, -0.05) is 36.4 Å². The number of aliphatic imine (C=N–C) groups is 1. The zero-order valence-electron chi connectivity index (χ0n) is 21.4. The molecule has 5 aromatic heterocycles. The molecule has 0 radical (unpaired) electrons. The van der Waals surface area contributed by atoms with Crippen LogP contribution in [0.1, 0.15) is 12.5 Å². The van der Waals surface area contributed by atoms with E-state index in [4.69, 9.17) is 4.98 Å². The summed E-state index contributed by atoms with van der Waals surface area (Å²) in [7, 11) is 0. The number of aromatic nitrogens is 5. The molecule has 0 bridgehead atoms. The van der Waals surface area contributed by atoms with Crippen molar-refractivity contribution in [3.05, 3.63) is 115 Å². The largest absolute Gasteiger partial charge is 0.278 e. The zero-order valence-corrected chi connectivity index (χ0v) is 21.4. The van der Waals surface area contributed by atoms with Gasteiger partial charge in [-0.2, -0.15) is 0 Å². The maximum Gasteiger partial charge on any atom is 0.146 e. The number of hydrogen-bond acceptors (Lipinski definition) is 4. The van der Waals surface area contributed by atoms with Gasteiger partial charge in [-0.05, 0) is 85.4 Å². The fraction of sp³-hybridized carbons (Fsp3) is 0.0303. The van der Waals surface area contributed by atoms with Gasteiger partial charge < -0.3 is 0 Å². The van der Waals surface area contributed by atoms with Gasteiger partial charge in [0.15, 0.2) is 0 Å². The van der Waals surface area contributed by atoms with Crippen LogP contribution < -0.4 is 0 Å². The first kappa shape index (κ1) is 22.8. The second kappa shape index (κ2) is 9.19. The van der Waals surface area contributed by atoms with Crippen LogP contribution in [-0.2, 0) is 0 Å². The summed E-state index contributed by atoms with van der Waals surface area (Å²) in [6.07, 6.45) is 9.56. The number of fused-ring (bicyclic) bond motifs is 4. The van der Waals surface area contributed by atoms with Crippen molar-refractivity contribution in [3.8, 4) is 22.8 Å². The fourth-order valence-corrected chi connectivity index (χ4v) is 5.43. The number of nitrogens with zero attached hydrogens (tertiary/aromatic N) is 6. The molecule has 0 amide bonds. The number of rotatable bonds is 5. The predicted molar refractivity (Wildman–Crippen MR) is 160 cm³/mol. The predicted octanol–water partition coefficient (Wildman–Crippen LogP) is 7.94. The van der Waals surface area contributed by atoms with Gasteiger partial charge >= 0.3 is 0 Å². The summed E-state index contributed by atoms with van der Waals surface area (Å²) in [5.41, 5.74) is 6.26. The maximum atomic E-state index is 4.71. The quantitative estimate of drug-likeness (QED) is 0.224.